The normalized spacial score (nSPS) is 24.1. The van der Waals surface area contributed by atoms with Crippen molar-refractivity contribution < 1.29 is 4.74 Å². The van der Waals surface area contributed by atoms with Crippen LogP contribution in [0.3, 0.4) is 0 Å². The van der Waals surface area contributed by atoms with E-state index in [0.717, 1.165) is 19.4 Å². The van der Waals surface area contributed by atoms with Crippen LogP contribution in [0.15, 0.2) is 36.1 Å². The third kappa shape index (κ3) is 2.53. The minimum atomic E-state index is 0.210. The fourth-order valence-corrected chi connectivity index (χ4v) is 3.43. The van der Waals surface area contributed by atoms with Gasteiger partial charge in [-0.1, -0.05) is 24.3 Å². The average Bonchev–Trinajstić information content (AvgIpc) is 2.49. The summed E-state index contributed by atoms with van der Waals surface area (Å²) < 4.78 is 5.49. The Balaban J connectivity index is 1.90. The van der Waals surface area contributed by atoms with Crippen molar-refractivity contribution in [2.45, 2.75) is 44.1 Å². The Morgan fingerprint density at radius 3 is 2.89 bits per heavy atom. The topological polar surface area (TPSA) is 47.3 Å². The number of fused-ring (bicyclic) bond motifs is 1. The van der Waals surface area contributed by atoms with Crippen molar-refractivity contribution in [1.29, 1.82) is 0 Å². The summed E-state index contributed by atoms with van der Waals surface area (Å²) in [6, 6.07) is 8.99. The molecular weight excluding hydrogens is 236 g/mol. The molecule has 3 nitrogen and oxygen atoms in total. The highest BCUT2D eigenvalue weighted by Crippen LogP contribution is 2.37. The van der Waals surface area contributed by atoms with Gasteiger partial charge in [-0.15, -0.1) is 0 Å². The van der Waals surface area contributed by atoms with E-state index in [1.165, 1.54) is 36.0 Å². The lowest BCUT2D eigenvalue weighted by Gasteiger charge is -2.34. The fraction of sp³-hybridized carbons (Fsp3) is 0.500. The molecule has 1 aromatic rings. The zero-order chi connectivity index (χ0) is 13.1. The van der Waals surface area contributed by atoms with Gasteiger partial charge >= 0.3 is 0 Å². The van der Waals surface area contributed by atoms with E-state index in [1.54, 1.807) is 0 Å². The predicted octanol–water partition coefficient (Wildman–Crippen LogP) is 2.63. The van der Waals surface area contributed by atoms with E-state index in [4.69, 9.17) is 10.6 Å². The van der Waals surface area contributed by atoms with Crippen LogP contribution in [0.25, 0.3) is 0 Å². The Kier molecular flexibility index (Phi) is 3.85. The third-order valence-electron chi connectivity index (χ3n) is 4.36. The predicted molar refractivity (Wildman–Crippen MR) is 76.5 cm³/mol. The molecule has 1 aromatic carbocycles. The van der Waals surface area contributed by atoms with E-state index in [0.29, 0.717) is 5.92 Å². The second kappa shape index (κ2) is 5.76. The Bertz CT molecular complexity index is 470. The van der Waals surface area contributed by atoms with Crippen molar-refractivity contribution in [3.63, 3.8) is 0 Å². The number of hydrazine groups is 1. The summed E-state index contributed by atoms with van der Waals surface area (Å²) in [5.74, 6) is 6.32. The van der Waals surface area contributed by atoms with Crippen molar-refractivity contribution in [2.75, 3.05) is 6.61 Å². The minimum absolute atomic E-state index is 0.210. The fourth-order valence-electron chi connectivity index (χ4n) is 3.43. The molecule has 3 rings (SSSR count). The van der Waals surface area contributed by atoms with Crippen molar-refractivity contribution in [3.8, 4) is 0 Å². The van der Waals surface area contributed by atoms with Crippen molar-refractivity contribution in [1.82, 2.24) is 5.43 Å². The molecule has 0 radical (unpaired) electrons. The molecule has 0 saturated heterocycles. The Labute approximate surface area is 114 Å². The lowest BCUT2D eigenvalue weighted by molar-refractivity contribution is 0.216. The molecule has 1 aliphatic carbocycles. The van der Waals surface area contributed by atoms with Crippen LogP contribution >= 0.6 is 0 Å². The molecule has 1 aliphatic heterocycles. The molecule has 3 heteroatoms. The molecule has 2 aliphatic rings. The number of nitrogens with two attached hydrogens (primary N) is 1. The average molecular weight is 258 g/mol. The maximum atomic E-state index is 5.85. The first kappa shape index (κ1) is 12.7. The highest BCUT2D eigenvalue weighted by molar-refractivity contribution is 5.36. The molecule has 2 atom stereocenters. The number of aryl methyl sites for hydroxylation is 1. The first-order valence-electron chi connectivity index (χ1n) is 7.24. The van der Waals surface area contributed by atoms with Crippen molar-refractivity contribution in [3.05, 3.63) is 47.2 Å². The monoisotopic (exact) mass is 258 g/mol. The van der Waals surface area contributed by atoms with Gasteiger partial charge in [-0.2, -0.15) is 0 Å². The Morgan fingerprint density at radius 2 is 2.11 bits per heavy atom. The van der Waals surface area contributed by atoms with Gasteiger partial charge in [0.15, 0.2) is 0 Å². The number of nitrogens with one attached hydrogen (secondary N) is 1. The maximum absolute atomic E-state index is 5.85. The van der Waals surface area contributed by atoms with Crippen LogP contribution in [0.1, 0.15) is 42.7 Å². The van der Waals surface area contributed by atoms with Crippen LogP contribution in [0.4, 0.5) is 0 Å². The molecule has 0 saturated carbocycles. The van der Waals surface area contributed by atoms with Gasteiger partial charge < -0.3 is 4.74 Å². The van der Waals surface area contributed by atoms with Crippen LogP contribution in [0.2, 0.25) is 0 Å². The summed E-state index contributed by atoms with van der Waals surface area (Å²) in [4.78, 5) is 0. The van der Waals surface area contributed by atoms with Gasteiger partial charge in [0, 0.05) is 5.92 Å². The Hall–Kier alpha value is -1.32. The van der Waals surface area contributed by atoms with E-state index >= 15 is 0 Å². The van der Waals surface area contributed by atoms with E-state index in [2.05, 4.69) is 29.7 Å². The smallest absolute Gasteiger partial charge is 0.0876 e. The highest BCUT2D eigenvalue weighted by Gasteiger charge is 2.30. The summed E-state index contributed by atoms with van der Waals surface area (Å²) in [5.41, 5.74) is 7.29. The summed E-state index contributed by atoms with van der Waals surface area (Å²) in [6.07, 6.45) is 7.74. The van der Waals surface area contributed by atoms with Gasteiger partial charge in [0.05, 0.1) is 18.9 Å². The molecule has 19 heavy (non-hydrogen) atoms. The first-order chi connectivity index (χ1) is 9.40. The zero-order valence-corrected chi connectivity index (χ0v) is 11.3. The van der Waals surface area contributed by atoms with E-state index in [1.807, 2.05) is 6.26 Å². The second-order valence-corrected chi connectivity index (χ2v) is 5.51. The van der Waals surface area contributed by atoms with Gasteiger partial charge in [0.25, 0.3) is 0 Å². The van der Waals surface area contributed by atoms with Crippen LogP contribution < -0.4 is 11.3 Å². The van der Waals surface area contributed by atoms with Crippen LogP contribution in [0, 0.1) is 0 Å². The van der Waals surface area contributed by atoms with Gasteiger partial charge in [-0.3, -0.25) is 11.3 Å². The third-order valence-corrected chi connectivity index (χ3v) is 4.36. The summed E-state index contributed by atoms with van der Waals surface area (Å²) in [7, 11) is 0. The molecule has 0 aromatic heterocycles. The largest absolute Gasteiger partial charge is 0.501 e. The SMILES string of the molecule is NNC(C1=COCCC1)C1CCCc2ccccc21. The lowest BCUT2D eigenvalue weighted by atomic mass is 9.76. The molecule has 0 bridgehead atoms. The number of hydrogen-bond donors (Lipinski definition) is 2. The lowest BCUT2D eigenvalue weighted by Crippen LogP contribution is -2.42. The summed E-state index contributed by atoms with van der Waals surface area (Å²) >= 11 is 0. The molecule has 0 amide bonds. The standard InChI is InChI=1S/C16H22N2O/c17-18-16(13-7-4-10-19-11-13)15-9-3-6-12-5-1-2-8-14(12)15/h1-2,5,8,11,15-16,18H,3-4,6-7,9-10,17H2. The number of hydrogen-bond acceptors (Lipinski definition) is 3. The summed E-state index contributed by atoms with van der Waals surface area (Å²) in [6.45, 7) is 0.835. The second-order valence-electron chi connectivity index (χ2n) is 5.51. The van der Waals surface area contributed by atoms with E-state index < -0.39 is 0 Å². The molecule has 0 spiro atoms. The number of ether oxygens (including phenoxy) is 1. The molecule has 102 valence electrons. The number of benzene rings is 1. The quantitative estimate of drug-likeness (QED) is 0.647. The van der Waals surface area contributed by atoms with Crippen molar-refractivity contribution in [2.24, 2.45) is 5.84 Å². The maximum Gasteiger partial charge on any atom is 0.0876 e. The molecule has 3 N–H and O–H groups in total. The molecule has 2 unspecified atom stereocenters. The number of rotatable bonds is 3. The molecular formula is C16H22N2O. The van der Waals surface area contributed by atoms with Gasteiger partial charge in [0.1, 0.15) is 0 Å². The van der Waals surface area contributed by atoms with E-state index in [-0.39, 0.29) is 6.04 Å². The van der Waals surface area contributed by atoms with Gasteiger partial charge in [-0.05, 0) is 48.8 Å². The minimum Gasteiger partial charge on any atom is -0.501 e. The van der Waals surface area contributed by atoms with Crippen LogP contribution in [-0.2, 0) is 11.2 Å². The first-order valence-corrected chi connectivity index (χ1v) is 7.24. The van der Waals surface area contributed by atoms with Gasteiger partial charge in [-0.25, -0.2) is 0 Å². The van der Waals surface area contributed by atoms with Crippen LogP contribution in [-0.4, -0.2) is 12.6 Å². The van der Waals surface area contributed by atoms with Crippen molar-refractivity contribution >= 4 is 0 Å². The Morgan fingerprint density at radius 1 is 1.21 bits per heavy atom. The van der Waals surface area contributed by atoms with Crippen LogP contribution in [0.5, 0.6) is 0 Å². The van der Waals surface area contributed by atoms with Gasteiger partial charge in [0.2, 0.25) is 0 Å². The highest BCUT2D eigenvalue weighted by atomic mass is 16.5. The molecule has 1 heterocycles. The van der Waals surface area contributed by atoms with E-state index in [9.17, 15) is 0 Å². The molecule has 0 fully saturated rings. The summed E-state index contributed by atoms with van der Waals surface area (Å²) in [5, 5.41) is 0. The zero-order valence-electron chi connectivity index (χ0n) is 11.3.